The van der Waals surface area contributed by atoms with Crippen molar-refractivity contribution in [3.8, 4) is 0 Å². The highest BCUT2D eigenvalue weighted by molar-refractivity contribution is 4.87. The number of hydrogen-bond acceptors (Lipinski definition) is 5. The summed E-state index contributed by atoms with van der Waals surface area (Å²) in [6.07, 6.45) is -3.54. The Balaban J connectivity index is 2.55. The SMILES string of the molecule is C=CCO[C@@H]1OC(C)[C@@H](O)C(O)C1O. The van der Waals surface area contributed by atoms with Crippen LogP contribution >= 0.6 is 0 Å². The molecule has 1 aliphatic rings. The largest absolute Gasteiger partial charge is 0.388 e. The molecule has 0 spiro atoms. The molecule has 3 unspecified atom stereocenters. The molecule has 1 saturated heterocycles. The van der Waals surface area contributed by atoms with Gasteiger partial charge in [0, 0.05) is 0 Å². The van der Waals surface area contributed by atoms with Crippen molar-refractivity contribution >= 4 is 0 Å². The second-order valence-electron chi connectivity index (χ2n) is 3.30. The molecule has 1 aliphatic heterocycles. The minimum absolute atomic E-state index is 0.220. The maximum absolute atomic E-state index is 9.46. The Hall–Kier alpha value is -0.460. The van der Waals surface area contributed by atoms with Gasteiger partial charge in [0.2, 0.25) is 0 Å². The van der Waals surface area contributed by atoms with Crippen molar-refractivity contribution in [2.24, 2.45) is 0 Å². The molecule has 0 amide bonds. The zero-order chi connectivity index (χ0) is 10.7. The maximum Gasteiger partial charge on any atom is 0.186 e. The minimum atomic E-state index is -1.24. The zero-order valence-electron chi connectivity index (χ0n) is 8.04. The van der Waals surface area contributed by atoms with Crippen molar-refractivity contribution in [3.05, 3.63) is 12.7 Å². The Bertz CT molecular complexity index is 196. The second-order valence-corrected chi connectivity index (χ2v) is 3.30. The van der Waals surface area contributed by atoms with Gasteiger partial charge in [-0.05, 0) is 6.92 Å². The van der Waals surface area contributed by atoms with Crippen molar-refractivity contribution in [1.82, 2.24) is 0 Å². The molecule has 1 fully saturated rings. The average molecular weight is 204 g/mol. The summed E-state index contributed by atoms with van der Waals surface area (Å²) in [5.41, 5.74) is 0. The first kappa shape index (κ1) is 11.6. The van der Waals surface area contributed by atoms with Gasteiger partial charge in [-0.3, -0.25) is 0 Å². The van der Waals surface area contributed by atoms with Crippen LogP contribution < -0.4 is 0 Å². The summed E-state index contributed by atoms with van der Waals surface area (Å²) in [4.78, 5) is 0. The zero-order valence-corrected chi connectivity index (χ0v) is 8.04. The molecule has 0 aromatic carbocycles. The highest BCUT2D eigenvalue weighted by atomic mass is 16.7. The first-order valence-electron chi connectivity index (χ1n) is 4.50. The highest BCUT2D eigenvalue weighted by Gasteiger charge is 2.42. The molecule has 0 aliphatic carbocycles. The van der Waals surface area contributed by atoms with Gasteiger partial charge in [-0.15, -0.1) is 6.58 Å². The predicted octanol–water partition coefficient (Wildman–Crippen LogP) is -0.984. The summed E-state index contributed by atoms with van der Waals surface area (Å²) in [5, 5.41) is 28.2. The fourth-order valence-electron chi connectivity index (χ4n) is 1.31. The number of hydrogen-bond donors (Lipinski definition) is 3. The van der Waals surface area contributed by atoms with E-state index in [0.29, 0.717) is 0 Å². The number of rotatable bonds is 3. The van der Waals surface area contributed by atoms with E-state index in [2.05, 4.69) is 6.58 Å². The summed E-state index contributed by atoms with van der Waals surface area (Å²) in [7, 11) is 0. The third kappa shape index (κ3) is 2.31. The second kappa shape index (κ2) is 4.86. The molecule has 5 nitrogen and oxygen atoms in total. The van der Waals surface area contributed by atoms with Gasteiger partial charge in [0.05, 0.1) is 12.7 Å². The highest BCUT2D eigenvalue weighted by Crippen LogP contribution is 2.21. The van der Waals surface area contributed by atoms with Crippen molar-refractivity contribution in [3.63, 3.8) is 0 Å². The van der Waals surface area contributed by atoms with Crippen LogP contribution in [0.25, 0.3) is 0 Å². The summed E-state index contributed by atoms with van der Waals surface area (Å²) in [6, 6.07) is 0. The van der Waals surface area contributed by atoms with Crippen LogP contribution in [0, 0.1) is 0 Å². The normalized spacial score (nSPS) is 43.6. The van der Waals surface area contributed by atoms with Crippen LogP contribution in [0.5, 0.6) is 0 Å². The van der Waals surface area contributed by atoms with Crippen LogP contribution in [0.1, 0.15) is 6.92 Å². The molecule has 1 rings (SSSR count). The number of aliphatic hydroxyl groups is 3. The van der Waals surface area contributed by atoms with E-state index < -0.39 is 30.7 Å². The Morgan fingerprint density at radius 2 is 1.93 bits per heavy atom. The summed E-state index contributed by atoms with van der Waals surface area (Å²) in [5.74, 6) is 0. The summed E-state index contributed by atoms with van der Waals surface area (Å²) < 4.78 is 10.2. The van der Waals surface area contributed by atoms with Gasteiger partial charge >= 0.3 is 0 Å². The molecule has 0 radical (unpaired) electrons. The molecule has 5 atom stereocenters. The molecule has 0 aromatic rings. The molecule has 3 N–H and O–H groups in total. The van der Waals surface area contributed by atoms with E-state index in [-0.39, 0.29) is 6.61 Å². The number of aliphatic hydroxyl groups excluding tert-OH is 3. The van der Waals surface area contributed by atoms with E-state index in [1.807, 2.05) is 0 Å². The fourth-order valence-corrected chi connectivity index (χ4v) is 1.31. The van der Waals surface area contributed by atoms with Crippen LogP contribution in [-0.2, 0) is 9.47 Å². The van der Waals surface area contributed by atoms with Gasteiger partial charge < -0.3 is 24.8 Å². The first-order valence-corrected chi connectivity index (χ1v) is 4.50. The van der Waals surface area contributed by atoms with Gasteiger partial charge in [0.1, 0.15) is 18.3 Å². The third-order valence-corrected chi connectivity index (χ3v) is 2.19. The van der Waals surface area contributed by atoms with Crippen LogP contribution in [0.15, 0.2) is 12.7 Å². The molecule has 14 heavy (non-hydrogen) atoms. The van der Waals surface area contributed by atoms with Crippen LogP contribution in [-0.4, -0.2) is 52.6 Å². The van der Waals surface area contributed by atoms with Crippen molar-refractivity contribution in [1.29, 1.82) is 0 Å². The Labute approximate surface area is 82.6 Å². The van der Waals surface area contributed by atoms with E-state index >= 15 is 0 Å². The van der Waals surface area contributed by atoms with E-state index in [9.17, 15) is 15.3 Å². The molecule has 0 aromatic heterocycles. The van der Waals surface area contributed by atoms with E-state index in [4.69, 9.17) is 9.47 Å². The molecule has 0 saturated carbocycles. The maximum atomic E-state index is 9.46. The van der Waals surface area contributed by atoms with Gasteiger partial charge in [-0.25, -0.2) is 0 Å². The summed E-state index contributed by atoms with van der Waals surface area (Å²) >= 11 is 0. The minimum Gasteiger partial charge on any atom is -0.388 e. The fraction of sp³-hybridized carbons (Fsp3) is 0.778. The lowest BCUT2D eigenvalue weighted by atomic mass is 10.0. The van der Waals surface area contributed by atoms with Crippen LogP contribution in [0.3, 0.4) is 0 Å². The lowest BCUT2D eigenvalue weighted by molar-refractivity contribution is -0.290. The lowest BCUT2D eigenvalue weighted by Crippen LogP contribution is -2.57. The molecular weight excluding hydrogens is 188 g/mol. The van der Waals surface area contributed by atoms with Crippen molar-refractivity contribution in [2.45, 2.75) is 37.6 Å². The molecule has 82 valence electrons. The molecule has 1 heterocycles. The molecular formula is C9H16O5. The van der Waals surface area contributed by atoms with Gasteiger partial charge in [0.15, 0.2) is 6.29 Å². The number of ether oxygens (including phenoxy) is 2. The standard InChI is InChI=1S/C9H16O5/c1-3-4-13-9-8(12)7(11)6(10)5(2)14-9/h3,5-12H,1,4H2,2H3/t5?,6-,7?,8?,9-/m1/s1. The topological polar surface area (TPSA) is 79.2 Å². The predicted molar refractivity (Wildman–Crippen MR) is 48.5 cm³/mol. The van der Waals surface area contributed by atoms with E-state index in [1.165, 1.54) is 6.08 Å². The quantitative estimate of drug-likeness (QED) is 0.515. The molecule has 5 heteroatoms. The smallest absolute Gasteiger partial charge is 0.186 e. The van der Waals surface area contributed by atoms with Gasteiger partial charge in [-0.2, -0.15) is 0 Å². The Morgan fingerprint density at radius 1 is 1.29 bits per heavy atom. The lowest BCUT2D eigenvalue weighted by Gasteiger charge is -2.38. The first-order chi connectivity index (χ1) is 6.57. The van der Waals surface area contributed by atoms with Crippen LogP contribution in [0.4, 0.5) is 0 Å². The summed E-state index contributed by atoms with van der Waals surface area (Å²) in [6.45, 7) is 5.27. The van der Waals surface area contributed by atoms with Crippen molar-refractivity contribution in [2.75, 3.05) is 6.61 Å². The van der Waals surface area contributed by atoms with E-state index in [0.717, 1.165) is 0 Å². The Morgan fingerprint density at radius 3 is 2.50 bits per heavy atom. The monoisotopic (exact) mass is 204 g/mol. The van der Waals surface area contributed by atoms with Crippen molar-refractivity contribution < 1.29 is 24.8 Å². The van der Waals surface area contributed by atoms with Gasteiger partial charge in [-0.1, -0.05) is 6.08 Å². The van der Waals surface area contributed by atoms with E-state index in [1.54, 1.807) is 6.92 Å². The molecule has 0 bridgehead atoms. The van der Waals surface area contributed by atoms with Crippen LogP contribution in [0.2, 0.25) is 0 Å². The third-order valence-electron chi connectivity index (χ3n) is 2.19. The van der Waals surface area contributed by atoms with Gasteiger partial charge in [0.25, 0.3) is 0 Å². The Kier molecular flexibility index (Phi) is 4.03. The average Bonchev–Trinajstić information content (AvgIpc) is 2.18.